The van der Waals surface area contributed by atoms with Crippen LogP contribution in [0.15, 0.2) is 53.5 Å². The third-order valence-electron chi connectivity index (χ3n) is 3.64. The molecular formula is C17H14ClN3O3S. The van der Waals surface area contributed by atoms with Crippen LogP contribution in [-0.2, 0) is 5.75 Å². The summed E-state index contributed by atoms with van der Waals surface area (Å²) in [5, 5.41) is 11.9. The van der Waals surface area contributed by atoms with Crippen molar-refractivity contribution in [2.24, 2.45) is 4.99 Å². The first-order valence-electron chi connectivity index (χ1n) is 7.53. The maximum Gasteiger partial charge on any atom is 0.269 e. The van der Waals surface area contributed by atoms with Gasteiger partial charge in [-0.1, -0.05) is 47.6 Å². The van der Waals surface area contributed by atoms with E-state index in [2.05, 4.69) is 4.99 Å². The number of rotatable bonds is 4. The molecule has 0 radical (unpaired) electrons. The Morgan fingerprint density at radius 1 is 1.28 bits per heavy atom. The number of hydrogen-bond donors (Lipinski definition) is 0. The Morgan fingerprint density at radius 2 is 2.08 bits per heavy atom. The maximum atomic E-state index is 12.7. The molecule has 25 heavy (non-hydrogen) atoms. The van der Waals surface area contributed by atoms with Crippen LogP contribution < -0.4 is 0 Å². The fraction of sp³-hybridized carbons (Fsp3) is 0.176. The first-order valence-corrected chi connectivity index (χ1v) is 8.89. The van der Waals surface area contributed by atoms with Crippen LogP contribution in [0.2, 0.25) is 5.02 Å². The standard InChI is InChI=1S/C17H14ClN3O3S/c18-15-7-2-1-6-14(15)16(22)20-9-8-19-17(20)25-11-12-4-3-5-13(10-12)21(23)24/h1-7,10H,8-9,11H2. The summed E-state index contributed by atoms with van der Waals surface area (Å²) in [6.45, 7) is 1.04. The molecule has 0 unspecified atom stereocenters. The van der Waals surface area contributed by atoms with Gasteiger partial charge in [0, 0.05) is 24.4 Å². The molecule has 8 heteroatoms. The van der Waals surface area contributed by atoms with Gasteiger partial charge in [-0.15, -0.1) is 0 Å². The number of amides is 1. The van der Waals surface area contributed by atoms with E-state index in [0.717, 1.165) is 5.56 Å². The number of nitrogens with zero attached hydrogens (tertiary/aromatic N) is 3. The van der Waals surface area contributed by atoms with Crippen molar-refractivity contribution in [3.63, 3.8) is 0 Å². The minimum Gasteiger partial charge on any atom is -0.286 e. The molecule has 0 atom stereocenters. The summed E-state index contributed by atoms with van der Waals surface area (Å²) in [6, 6.07) is 13.4. The molecule has 3 rings (SSSR count). The third-order valence-corrected chi connectivity index (χ3v) is 5.06. The van der Waals surface area contributed by atoms with Crippen LogP contribution >= 0.6 is 23.4 Å². The Morgan fingerprint density at radius 3 is 2.84 bits per heavy atom. The predicted molar refractivity (Wildman–Crippen MR) is 99.2 cm³/mol. The van der Waals surface area contributed by atoms with Crippen molar-refractivity contribution in [1.82, 2.24) is 4.90 Å². The van der Waals surface area contributed by atoms with Crippen LogP contribution in [-0.4, -0.2) is 34.0 Å². The second kappa shape index (κ2) is 7.67. The number of benzene rings is 2. The molecule has 0 aromatic heterocycles. The van der Waals surface area contributed by atoms with E-state index >= 15 is 0 Å². The van der Waals surface area contributed by atoms with Gasteiger partial charge >= 0.3 is 0 Å². The van der Waals surface area contributed by atoms with Crippen LogP contribution in [0, 0.1) is 10.1 Å². The van der Waals surface area contributed by atoms with Crippen LogP contribution in [0.25, 0.3) is 0 Å². The quantitative estimate of drug-likeness (QED) is 0.598. The van der Waals surface area contributed by atoms with E-state index in [1.165, 1.54) is 23.9 Å². The maximum absolute atomic E-state index is 12.7. The van der Waals surface area contributed by atoms with E-state index in [1.54, 1.807) is 35.2 Å². The number of carbonyl (C=O) groups excluding carboxylic acids is 1. The van der Waals surface area contributed by atoms with Crippen LogP contribution in [0.5, 0.6) is 0 Å². The smallest absolute Gasteiger partial charge is 0.269 e. The highest BCUT2D eigenvalue weighted by Crippen LogP contribution is 2.25. The average Bonchev–Trinajstić information content (AvgIpc) is 3.08. The van der Waals surface area contributed by atoms with Gasteiger partial charge in [-0.25, -0.2) is 0 Å². The molecule has 1 amide bonds. The first-order chi connectivity index (χ1) is 12.1. The van der Waals surface area contributed by atoms with Crippen LogP contribution in [0.4, 0.5) is 5.69 Å². The van der Waals surface area contributed by atoms with Crippen molar-refractivity contribution in [1.29, 1.82) is 0 Å². The summed E-state index contributed by atoms with van der Waals surface area (Å²) in [6.07, 6.45) is 0. The lowest BCUT2D eigenvalue weighted by Gasteiger charge is -2.18. The monoisotopic (exact) mass is 375 g/mol. The summed E-state index contributed by atoms with van der Waals surface area (Å²) in [4.78, 5) is 29.1. The van der Waals surface area contributed by atoms with Gasteiger partial charge in [-0.05, 0) is 17.7 Å². The highest BCUT2D eigenvalue weighted by molar-refractivity contribution is 8.13. The van der Waals surface area contributed by atoms with Gasteiger partial charge in [-0.2, -0.15) is 0 Å². The molecule has 0 spiro atoms. The number of hydrogen-bond acceptors (Lipinski definition) is 5. The summed E-state index contributed by atoms with van der Waals surface area (Å²) in [7, 11) is 0. The molecule has 1 aliphatic heterocycles. The number of carbonyl (C=O) groups is 1. The molecule has 0 bridgehead atoms. The summed E-state index contributed by atoms with van der Waals surface area (Å²) < 4.78 is 0. The minimum absolute atomic E-state index is 0.0514. The van der Waals surface area contributed by atoms with E-state index in [9.17, 15) is 14.9 Å². The zero-order valence-corrected chi connectivity index (χ0v) is 14.7. The number of thioether (sulfide) groups is 1. The van der Waals surface area contributed by atoms with E-state index in [0.29, 0.717) is 34.6 Å². The van der Waals surface area contributed by atoms with Gasteiger partial charge in [0.15, 0.2) is 5.17 Å². The molecular weight excluding hydrogens is 362 g/mol. The molecule has 0 fully saturated rings. The average molecular weight is 376 g/mol. The zero-order valence-electron chi connectivity index (χ0n) is 13.1. The zero-order chi connectivity index (χ0) is 17.8. The Kier molecular flexibility index (Phi) is 5.35. The van der Waals surface area contributed by atoms with Crippen molar-refractivity contribution >= 4 is 40.1 Å². The Balaban J connectivity index is 1.70. The lowest BCUT2D eigenvalue weighted by Crippen LogP contribution is -2.33. The van der Waals surface area contributed by atoms with Gasteiger partial charge in [-0.3, -0.25) is 24.8 Å². The number of nitro groups is 1. The molecule has 0 N–H and O–H groups in total. The number of non-ortho nitro benzene ring substituents is 1. The van der Waals surface area contributed by atoms with Crippen LogP contribution in [0.3, 0.4) is 0 Å². The minimum atomic E-state index is -0.422. The lowest BCUT2D eigenvalue weighted by molar-refractivity contribution is -0.384. The van der Waals surface area contributed by atoms with E-state index in [4.69, 9.17) is 11.6 Å². The summed E-state index contributed by atoms with van der Waals surface area (Å²) in [5.74, 6) is 0.306. The van der Waals surface area contributed by atoms with E-state index in [1.807, 2.05) is 6.07 Å². The SMILES string of the molecule is O=C(c1ccccc1Cl)N1CCN=C1SCc1cccc([N+](=O)[O-])c1. The van der Waals surface area contributed by atoms with Crippen molar-refractivity contribution in [2.45, 2.75) is 5.75 Å². The highest BCUT2D eigenvalue weighted by atomic mass is 35.5. The molecule has 128 valence electrons. The number of halogens is 1. The van der Waals surface area contributed by atoms with Gasteiger partial charge in [0.25, 0.3) is 11.6 Å². The van der Waals surface area contributed by atoms with Crippen molar-refractivity contribution in [2.75, 3.05) is 13.1 Å². The molecule has 2 aromatic carbocycles. The molecule has 0 saturated carbocycles. The van der Waals surface area contributed by atoms with Gasteiger partial charge < -0.3 is 0 Å². The molecule has 1 heterocycles. The molecule has 1 aliphatic rings. The molecule has 2 aromatic rings. The second-order valence-electron chi connectivity index (χ2n) is 5.32. The highest BCUT2D eigenvalue weighted by Gasteiger charge is 2.26. The molecule has 6 nitrogen and oxygen atoms in total. The third kappa shape index (κ3) is 4.00. The summed E-state index contributed by atoms with van der Waals surface area (Å²) >= 11 is 7.49. The second-order valence-corrected chi connectivity index (χ2v) is 6.67. The molecule has 0 saturated heterocycles. The Labute approximate surface area is 153 Å². The van der Waals surface area contributed by atoms with E-state index in [-0.39, 0.29) is 11.6 Å². The van der Waals surface area contributed by atoms with Gasteiger partial charge in [0.2, 0.25) is 0 Å². The largest absolute Gasteiger partial charge is 0.286 e. The van der Waals surface area contributed by atoms with Crippen LogP contribution in [0.1, 0.15) is 15.9 Å². The van der Waals surface area contributed by atoms with Gasteiger partial charge in [0.05, 0.1) is 22.1 Å². The Hall–Kier alpha value is -2.38. The molecule has 0 aliphatic carbocycles. The predicted octanol–water partition coefficient (Wildman–Crippen LogP) is 3.99. The number of aliphatic imine (C=N–C) groups is 1. The number of amidine groups is 1. The number of nitro benzene ring substituents is 1. The van der Waals surface area contributed by atoms with Crippen molar-refractivity contribution in [3.05, 3.63) is 74.8 Å². The normalized spacial score (nSPS) is 13.6. The van der Waals surface area contributed by atoms with E-state index < -0.39 is 4.92 Å². The fourth-order valence-corrected chi connectivity index (χ4v) is 3.63. The first kappa shape index (κ1) is 17.4. The van der Waals surface area contributed by atoms with Crippen molar-refractivity contribution in [3.8, 4) is 0 Å². The fourth-order valence-electron chi connectivity index (χ4n) is 2.43. The summed E-state index contributed by atoms with van der Waals surface area (Å²) in [5.41, 5.74) is 1.30. The van der Waals surface area contributed by atoms with Crippen molar-refractivity contribution < 1.29 is 9.72 Å². The van der Waals surface area contributed by atoms with Gasteiger partial charge in [0.1, 0.15) is 0 Å². The Bertz CT molecular complexity index is 857. The lowest BCUT2D eigenvalue weighted by atomic mass is 10.2. The topological polar surface area (TPSA) is 75.8 Å².